The van der Waals surface area contributed by atoms with Gasteiger partial charge in [0.05, 0.1) is 11.1 Å². The highest BCUT2D eigenvalue weighted by Crippen LogP contribution is 2.22. The Morgan fingerprint density at radius 3 is 2.26 bits per heavy atom. The molecule has 0 aromatic heterocycles. The van der Waals surface area contributed by atoms with Gasteiger partial charge in [-0.3, -0.25) is 19.3 Å². The van der Waals surface area contributed by atoms with Crippen LogP contribution in [0.3, 0.4) is 0 Å². The Morgan fingerprint density at radius 2 is 1.74 bits per heavy atom. The fraction of sp³-hybridized carbons (Fsp3) is 0.357. The van der Waals surface area contributed by atoms with Crippen LogP contribution in [0.4, 0.5) is 0 Å². The summed E-state index contributed by atoms with van der Waals surface area (Å²) < 4.78 is 0. The van der Waals surface area contributed by atoms with Crippen LogP contribution in [0.15, 0.2) is 24.3 Å². The van der Waals surface area contributed by atoms with E-state index in [0.29, 0.717) is 30.5 Å². The zero-order valence-electron chi connectivity index (χ0n) is 10.7. The van der Waals surface area contributed by atoms with E-state index in [4.69, 9.17) is 0 Å². The molecule has 0 N–H and O–H groups in total. The van der Waals surface area contributed by atoms with Crippen molar-refractivity contribution >= 4 is 28.7 Å². The van der Waals surface area contributed by atoms with Crippen LogP contribution in [-0.4, -0.2) is 34.1 Å². The lowest BCUT2D eigenvalue weighted by molar-refractivity contribution is -0.111. The van der Waals surface area contributed by atoms with Crippen molar-refractivity contribution < 1.29 is 14.4 Å². The molecule has 0 bridgehead atoms. The number of thioether (sulfide) groups is 1. The lowest BCUT2D eigenvalue weighted by Gasteiger charge is -2.12. The zero-order valence-corrected chi connectivity index (χ0v) is 11.5. The average molecular weight is 277 g/mol. The van der Waals surface area contributed by atoms with Gasteiger partial charge in [0.25, 0.3) is 11.8 Å². The molecule has 1 aromatic carbocycles. The number of carbonyl (C=O) groups excluding carboxylic acids is 3. The fourth-order valence-corrected chi connectivity index (χ4v) is 2.67. The van der Waals surface area contributed by atoms with E-state index in [0.717, 1.165) is 5.75 Å². The quantitative estimate of drug-likeness (QED) is 0.775. The molecule has 19 heavy (non-hydrogen) atoms. The lowest BCUT2D eigenvalue weighted by Crippen LogP contribution is -2.30. The van der Waals surface area contributed by atoms with E-state index >= 15 is 0 Å². The Labute approximate surface area is 116 Å². The third kappa shape index (κ3) is 2.87. The number of imide groups is 1. The summed E-state index contributed by atoms with van der Waals surface area (Å²) in [4.78, 5) is 36.7. The molecule has 1 aliphatic heterocycles. The molecule has 0 radical (unpaired) electrons. The first kappa shape index (κ1) is 13.8. The number of nitrogens with zero attached hydrogens (tertiary/aromatic N) is 1. The fourth-order valence-electron chi connectivity index (χ4n) is 2.06. The van der Waals surface area contributed by atoms with E-state index in [2.05, 4.69) is 0 Å². The molecule has 2 rings (SSSR count). The van der Waals surface area contributed by atoms with Crippen molar-refractivity contribution in [3.63, 3.8) is 0 Å². The van der Waals surface area contributed by atoms with Gasteiger partial charge < -0.3 is 0 Å². The second-order valence-electron chi connectivity index (χ2n) is 4.22. The van der Waals surface area contributed by atoms with Gasteiger partial charge >= 0.3 is 0 Å². The van der Waals surface area contributed by atoms with Crippen molar-refractivity contribution in [3.05, 3.63) is 35.4 Å². The molecule has 1 heterocycles. The molecular formula is C14H15NO3S. The standard InChI is InChI=1S/C14H15NO3S/c1-2-19-12(16)8-5-9-15-13(17)10-6-3-4-7-11(10)14(15)18/h3-4,6-7H,2,5,8-9H2,1H3. The van der Waals surface area contributed by atoms with E-state index in [9.17, 15) is 14.4 Å². The van der Waals surface area contributed by atoms with Crippen molar-refractivity contribution in [2.24, 2.45) is 0 Å². The van der Waals surface area contributed by atoms with Gasteiger partial charge in [-0.1, -0.05) is 30.8 Å². The third-order valence-electron chi connectivity index (χ3n) is 2.95. The average Bonchev–Trinajstić information content (AvgIpc) is 2.65. The second kappa shape index (κ2) is 6.02. The molecule has 100 valence electrons. The number of amides is 2. The first-order valence-corrected chi connectivity index (χ1v) is 7.24. The summed E-state index contributed by atoms with van der Waals surface area (Å²) in [5, 5.41) is 0.110. The SMILES string of the molecule is CCSC(=O)CCCN1C(=O)c2ccccc2C1=O. The summed E-state index contributed by atoms with van der Waals surface area (Å²) in [5.41, 5.74) is 0.920. The molecule has 4 nitrogen and oxygen atoms in total. The highest BCUT2D eigenvalue weighted by atomic mass is 32.2. The highest BCUT2D eigenvalue weighted by molar-refractivity contribution is 8.13. The predicted octanol–water partition coefficient (Wildman–Crippen LogP) is 2.34. The Bertz CT molecular complexity index is 492. The van der Waals surface area contributed by atoms with Crippen LogP contribution in [0.2, 0.25) is 0 Å². The van der Waals surface area contributed by atoms with E-state index < -0.39 is 0 Å². The molecular weight excluding hydrogens is 262 g/mol. The van der Waals surface area contributed by atoms with Gasteiger partial charge in [0.15, 0.2) is 5.12 Å². The molecule has 0 aliphatic carbocycles. The number of hydrogen-bond acceptors (Lipinski definition) is 4. The van der Waals surface area contributed by atoms with E-state index in [1.54, 1.807) is 24.3 Å². The molecule has 0 spiro atoms. The molecule has 0 atom stereocenters. The maximum absolute atomic E-state index is 12.0. The van der Waals surface area contributed by atoms with Crippen molar-refractivity contribution in [2.45, 2.75) is 19.8 Å². The van der Waals surface area contributed by atoms with Crippen molar-refractivity contribution in [1.82, 2.24) is 4.90 Å². The minimum absolute atomic E-state index is 0.110. The number of hydrogen-bond donors (Lipinski definition) is 0. The van der Waals surface area contributed by atoms with Gasteiger partial charge in [0, 0.05) is 13.0 Å². The van der Waals surface area contributed by atoms with Gasteiger partial charge in [-0.15, -0.1) is 0 Å². The topological polar surface area (TPSA) is 54.5 Å². The Kier molecular flexibility index (Phi) is 4.37. The summed E-state index contributed by atoms with van der Waals surface area (Å²) >= 11 is 1.28. The monoisotopic (exact) mass is 277 g/mol. The van der Waals surface area contributed by atoms with Crippen LogP contribution in [0.1, 0.15) is 40.5 Å². The molecule has 1 aromatic rings. The van der Waals surface area contributed by atoms with Crippen LogP contribution < -0.4 is 0 Å². The van der Waals surface area contributed by atoms with Gasteiger partial charge in [-0.2, -0.15) is 0 Å². The van der Waals surface area contributed by atoms with Gasteiger partial charge in [0.2, 0.25) is 0 Å². The van der Waals surface area contributed by atoms with E-state index in [1.807, 2.05) is 6.92 Å². The van der Waals surface area contributed by atoms with Crippen molar-refractivity contribution in [1.29, 1.82) is 0 Å². The Balaban J connectivity index is 1.95. The second-order valence-corrected chi connectivity index (χ2v) is 5.54. The Morgan fingerprint density at radius 1 is 1.16 bits per heavy atom. The molecule has 0 fully saturated rings. The largest absolute Gasteiger partial charge is 0.287 e. The van der Waals surface area contributed by atoms with E-state index in [-0.39, 0.29) is 16.9 Å². The van der Waals surface area contributed by atoms with Gasteiger partial charge in [-0.05, 0) is 24.3 Å². The van der Waals surface area contributed by atoms with Gasteiger partial charge in [0.1, 0.15) is 0 Å². The van der Waals surface area contributed by atoms with Crippen LogP contribution in [0.5, 0.6) is 0 Å². The number of rotatable bonds is 5. The number of fused-ring (bicyclic) bond motifs is 1. The first-order valence-electron chi connectivity index (χ1n) is 6.26. The third-order valence-corrected chi connectivity index (χ3v) is 3.76. The first-order chi connectivity index (χ1) is 9.15. The molecule has 2 amide bonds. The van der Waals surface area contributed by atoms with Crippen molar-refractivity contribution in [2.75, 3.05) is 12.3 Å². The maximum atomic E-state index is 12.0. The molecule has 0 saturated heterocycles. The maximum Gasteiger partial charge on any atom is 0.261 e. The Hall–Kier alpha value is -1.62. The minimum atomic E-state index is -0.254. The molecule has 0 saturated carbocycles. The van der Waals surface area contributed by atoms with Crippen LogP contribution in [0.25, 0.3) is 0 Å². The lowest BCUT2D eigenvalue weighted by atomic mass is 10.1. The minimum Gasteiger partial charge on any atom is -0.287 e. The van der Waals surface area contributed by atoms with Gasteiger partial charge in [-0.25, -0.2) is 0 Å². The predicted molar refractivity (Wildman–Crippen MR) is 74.2 cm³/mol. The smallest absolute Gasteiger partial charge is 0.261 e. The summed E-state index contributed by atoms with van der Waals surface area (Å²) in [6.07, 6.45) is 0.920. The molecule has 1 aliphatic rings. The summed E-state index contributed by atoms with van der Waals surface area (Å²) in [6.45, 7) is 2.23. The summed E-state index contributed by atoms with van der Waals surface area (Å²) in [7, 11) is 0. The van der Waals surface area contributed by atoms with Crippen LogP contribution >= 0.6 is 11.8 Å². The molecule has 0 unspecified atom stereocenters. The summed E-state index contributed by atoms with van der Waals surface area (Å²) in [6, 6.07) is 6.81. The van der Waals surface area contributed by atoms with Crippen LogP contribution in [-0.2, 0) is 4.79 Å². The molecule has 5 heteroatoms. The number of carbonyl (C=O) groups is 3. The normalized spacial score (nSPS) is 13.8. The zero-order chi connectivity index (χ0) is 13.8. The van der Waals surface area contributed by atoms with Crippen molar-refractivity contribution in [3.8, 4) is 0 Å². The highest BCUT2D eigenvalue weighted by Gasteiger charge is 2.34. The van der Waals surface area contributed by atoms with E-state index in [1.165, 1.54) is 16.7 Å². The number of benzene rings is 1. The van der Waals surface area contributed by atoms with Crippen LogP contribution in [0, 0.1) is 0 Å². The summed E-state index contributed by atoms with van der Waals surface area (Å²) in [5.74, 6) is 0.249.